The van der Waals surface area contributed by atoms with Crippen molar-refractivity contribution in [1.29, 1.82) is 0 Å². The zero-order valence-corrected chi connectivity index (χ0v) is 14.4. The third-order valence-electron chi connectivity index (χ3n) is 4.76. The molecule has 0 amide bonds. The normalized spacial score (nSPS) is 16.8. The van der Waals surface area contributed by atoms with Crippen LogP contribution >= 0.6 is 0 Å². The van der Waals surface area contributed by atoms with Gasteiger partial charge in [0, 0.05) is 12.1 Å². The fourth-order valence-electron chi connectivity index (χ4n) is 3.43. The Morgan fingerprint density at radius 2 is 1.96 bits per heavy atom. The summed E-state index contributed by atoms with van der Waals surface area (Å²) >= 11 is 0. The Morgan fingerprint density at radius 1 is 1.13 bits per heavy atom. The average Bonchev–Trinajstić information content (AvgIpc) is 2.57. The highest BCUT2D eigenvalue weighted by Gasteiger charge is 2.27. The topological polar surface area (TPSA) is 30.5 Å². The quantitative estimate of drug-likeness (QED) is 0.927. The summed E-state index contributed by atoms with van der Waals surface area (Å²) in [5, 5.41) is 3.67. The summed E-state index contributed by atoms with van der Waals surface area (Å²) in [4.78, 5) is 0. The molecule has 1 aliphatic heterocycles. The summed E-state index contributed by atoms with van der Waals surface area (Å²) in [7, 11) is 1.70. The van der Waals surface area contributed by atoms with Crippen LogP contribution in [0, 0.1) is 13.8 Å². The second kappa shape index (κ2) is 6.63. The molecule has 2 aromatic carbocycles. The lowest BCUT2D eigenvalue weighted by atomic mass is 9.86. The van der Waals surface area contributed by atoms with Gasteiger partial charge in [0.25, 0.3) is 0 Å². The predicted octanol–water partition coefficient (Wildman–Crippen LogP) is 3.95. The Labute approximate surface area is 138 Å². The summed E-state index contributed by atoms with van der Waals surface area (Å²) in [6, 6.07) is 10.9. The number of methoxy groups -OCH3 is 1. The van der Waals surface area contributed by atoms with Crippen LogP contribution in [0.15, 0.2) is 30.3 Å². The Hall–Kier alpha value is -2.00. The molecular formula is C20H25NO2. The molecule has 0 bridgehead atoms. The Bertz CT molecular complexity index is 709. The molecule has 0 fully saturated rings. The fourth-order valence-corrected chi connectivity index (χ4v) is 3.43. The second-order valence-corrected chi connectivity index (χ2v) is 6.02. The monoisotopic (exact) mass is 311 g/mol. The van der Waals surface area contributed by atoms with E-state index in [0.717, 1.165) is 24.5 Å². The van der Waals surface area contributed by atoms with Crippen molar-refractivity contribution in [2.45, 2.75) is 33.2 Å². The first-order chi connectivity index (χ1) is 11.2. The van der Waals surface area contributed by atoms with E-state index in [-0.39, 0.29) is 6.04 Å². The molecule has 1 N–H and O–H groups in total. The van der Waals surface area contributed by atoms with Gasteiger partial charge >= 0.3 is 0 Å². The first-order valence-corrected chi connectivity index (χ1v) is 8.29. The number of ether oxygens (including phenoxy) is 2. The molecule has 0 aliphatic carbocycles. The van der Waals surface area contributed by atoms with E-state index in [1.165, 1.54) is 27.8 Å². The summed E-state index contributed by atoms with van der Waals surface area (Å²) in [5.74, 6) is 1.73. The number of aryl methyl sites for hydroxylation is 1. The van der Waals surface area contributed by atoms with Crippen molar-refractivity contribution in [2.75, 3.05) is 20.3 Å². The lowest BCUT2D eigenvalue weighted by molar-refractivity contribution is 0.305. The molecular weight excluding hydrogens is 286 g/mol. The van der Waals surface area contributed by atoms with Crippen LogP contribution in [0.3, 0.4) is 0 Å². The number of hydrogen-bond acceptors (Lipinski definition) is 3. The highest BCUT2D eigenvalue weighted by atomic mass is 16.5. The third-order valence-corrected chi connectivity index (χ3v) is 4.76. The van der Waals surface area contributed by atoms with Crippen molar-refractivity contribution in [3.05, 3.63) is 58.1 Å². The predicted molar refractivity (Wildman–Crippen MR) is 93.6 cm³/mol. The minimum Gasteiger partial charge on any atom is -0.493 e. The zero-order chi connectivity index (χ0) is 16.4. The molecule has 2 aromatic rings. The maximum absolute atomic E-state index is 5.91. The summed E-state index contributed by atoms with van der Waals surface area (Å²) in [6.07, 6.45) is 0.962. The van der Waals surface area contributed by atoms with E-state index >= 15 is 0 Å². The van der Waals surface area contributed by atoms with Gasteiger partial charge in [-0.3, -0.25) is 0 Å². The molecule has 0 saturated carbocycles. The molecule has 0 saturated heterocycles. The van der Waals surface area contributed by atoms with Crippen molar-refractivity contribution in [3.63, 3.8) is 0 Å². The SMILES string of the molecule is CCOc1c(OC)ccc2c1CCNC2c1cccc(C)c1C. The molecule has 0 spiro atoms. The Morgan fingerprint density at radius 3 is 2.70 bits per heavy atom. The third kappa shape index (κ3) is 2.81. The zero-order valence-electron chi connectivity index (χ0n) is 14.4. The van der Waals surface area contributed by atoms with Crippen LogP contribution in [0.2, 0.25) is 0 Å². The van der Waals surface area contributed by atoms with Gasteiger partial charge in [-0.15, -0.1) is 0 Å². The van der Waals surface area contributed by atoms with E-state index in [2.05, 4.69) is 43.4 Å². The maximum atomic E-state index is 5.91. The van der Waals surface area contributed by atoms with Crippen molar-refractivity contribution in [3.8, 4) is 11.5 Å². The summed E-state index contributed by atoms with van der Waals surface area (Å²) < 4.78 is 11.4. The second-order valence-electron chi connectivity index (χ2n) is 6.02. The van der Waals surface area contributed by atoms with Crippen LogP contribution in [0.5, 0.6) is 11.5 Å². The molecule has 0 aromatic heterocycles. The van der Waals surface area contributed by atoms with Crippen molar-refractivity contribution >= 4 is 0 Å². The van der Waals surface area contributed by atoms with E-state index in [1.54, 1.807) is 7.11 Å². The first kappa shape index (κ1) is 15.9. The van der Waals surface area contributed by atoms with E-state index < -0.39 is 0 Å². The Kier molecular flexibility index (Phi) is 4.58. The Balaban J connectivity index is 2.13. The minimum absolute atomic E-state index is 0.212. The van der Waals surface area contributed by atoms with E-state index in [0.29, 0.717) is 6.61 Å². The van der Waals surface area contributed by atoms with Gasteiger partial charge in [0.05, 0.1) is 19.8 Å². The number of fused-ring (bicyclic) bond motifs is 1. The van der Waals surface area contributed by atoms with Gasteiger partial charge in [-0.05, 0) is 55.5 Å². The van der Waals surface area contributed by atoms with Crippen LogP contribution in [0.4, 0.5) is 0 Å². The highest BCUT2D eigenvalue weighted by Crippen LogP contribution is 2.40. The van der Waals surface area contributed by atoms with Gasteiger partial charge in [-0.25, -0.2) is 0 Å². The maximum Gasteiger partial charge on any atom is 0.164 e. The number of nitrogens with one attached hydrogen (secondary N) is 1. The summed E-state index contributed by atoms with van der Waals surface area (Å²) in [6.45, 7) is 7.98. The molecule has 0 radical (unpaired) electrons. The summed E-state index contributed by atoms with van der Waals surface area (Å²) in [5.41, 5.74) is 6.60. The van der Waals surface area contributed by atoms with Crippen LogP contribution in [0.1, 0.15) is 40.8 Å². The van der Waals surface area contributed by atoms with E-state index in [9.17, 15) is 0 Å². The molecule has 1 aliphatic rings. The molecule has 3 rings (SSSR count). The van der Waals surface area contributed by atoms with Crippen LogP contribution < -0.4 is 14.8 Å². The first-order valence-electron chi connectivity index (χ1n) is 8.29. The molecule has 122 valence electrons. The van der Waals surface area contributed by atoms with E-state index in [4.69, 9.17) is 9.47 Å². The van der Waals surface area contributed by atoms with Crippen LogP contribution in [-0.2, 0) is 6.42 Å². The van der Waals surface area contributed by atoms with Gasteiger partial charge in [0.1, 0.15) is 0 Å². The van der Waals surface area contributed by atoms with Crippen molar-refractivity contribution < 1.29 is 9.47 Å². The molecule has 23 heavy (non-hydrogen) atoms. The van der Waals surface area contributed by atoms with Crippen LogP contribution in [0.25, 0.3) is 0 Å². The molecule has 1 atom stereocenters. The fraction of sp³-hybridized carbons (Fsp3) is 0.400. The van der Waals surface area contributed by atoms with Gasteiger partial charge < -0.3 is 14.8 Å². The standard InChI is InChI=1S/C20H25NO2/c1-5-23-20-17-11-12-21-19(16(17)9-10-18(20)22-4)15-8-6-7-13(2)14(15)3/h6-10,19,21H,5,11-12H2,1-4H3. The largest absolute Gasteiger partial charge is 0.493 e. The number of hydrogen-bond donors (Lipinski definition) is 1. The number of rotatable bonds is 4. The van der Waals surface area contributed by atoms with Gasteiger partial charge in [0.2, 0.25) is 0 Å². The lowest BCUT2D eigenvalue weighted by Crippen LogP contribution is -2.31. The highest BCUT2D eigenvalue weighted by molar-refractivity contribution is 5.55. The minimum atomic E-state index is 0.212. The van der Waals surface area contributed by atoms with Gasteiger partial charge in [-0.1, -0.05) is 24.3 Å². The molecule has 3 heteroatoms. The molecule has 1 unspecified atom stereocenters. The van der Waals surface area contributed by atoms with Crippen molar-refractivity contribution in [1.82, 2.24) is 5.32 Å². The van der Waals surface area contributed by atoms with Crippen molar-refractivity contribution in [2.24, 2.45) is 0 Å². The van der Waals surface area contributed by atoms with Crippen LogP contribution in [-0.4, -0.2) is 20.3 Å². The number of benzene rings is 2. The van der Waals surface area contributed by atoms with Gasteiger partial charge in [0.15, 0.2) is 11.5 Å². The molecule has 1 heterocycles. The smallest absolute Gasteiger partial charge is 0.164 e. The molecule has 3 nitrogen and oxygen atoms in total. The lowest BCUT2D eigenvalue weighted by Gasteiger charge is -2.30. The van der Waals surface area contributed by atoms with E-state index in [1.807, 2.05) is 13.0 Å². The van der Waals surface area contributed by atoms with Gasteiger partial charge in [-0.2, -0.15) is 0 Å². The average molecular weight is 311 g/mol.